The van der Waals surface area contributed by atoms with Gasteiger partial charge in [-0.2, -0.15) is 5.10 Å². The van der Waals surface area contributed by atoms with Crippen LogP contribution < -0.4 is 0 Å². The smallest absolute Gasteiger partial charge is 0.246 e. The van der Waals surface area contributed by atoms with Gasteiger partial charge in [-0.05, 0) is 26.0 Å². The third kappa shape index (κ3) is 4.09. The molecule has 1 aromatic heterocycles. The lowest BCUT2D eigenvalue weighted by molar-refractivity contribution is -0.125. The minimum absolute atomic E-state index is 0.00327. The highest BCUT2D eigenvalue weighted by atomic mass is 16.2. The minimum Gasteiger partial charge on any atom is -0.338 e. The molecule has 0 fully saturated rings. The molecule has 0 atom stereocenters. The monoisotopic (exact) mass is 345 g/mol. The van der Waals surface area contributed by atoms with Crippen LogP contribution in [0.2, 0.25) is 0 Å². The summed E-state index contributed by atoms with van der Waals surface area (Å²) in [4.78, 5) is 14.0. The Morgan fingerprint density at radius 2 is 1.65 bits per heavy atom. The van der Waals surface area contributed by atoms with Gasteiger partial charge in [0.05, 0.1) is 11.4 Å². The maximum atomic E-state index is 12.3. The maximum Gasteiger partial charge on any atom is 0.246 e. The Morgan fingerprint density at radius 3 is 2.27 bits per heavy atom. The van der Waals surface area contributed by atoms with Crippen molar-refractivity contribution in [3.63, 3.8) is 0 Å². The lowest BCUT2D eigenvalue weighted by atomic mass is 10.1. The number of benzene rings is 2. The molecule has 0 saturated heterocycles. The zero-order valence-corrected chi connectivity index (χ0v) is 15.4. The molecule has 3 rings (SSSR count). The largest absolute Gasteiger partial charge is 0.338 e. The molecule has 1 amide bonds. The highest BCUT2D eigenvalue weighted by Crippen LogP contribution is 2.24. The molecule has 4 heteroatoms. The summed E-state index contributed by atoms with van der Waals surface area (Å²) >= 11 is 0. The fraction of sp³-hybridized carbons (Fsp3) is 0.182. The van der Waals surface area contributed by atoms with Crippen molar-refractivity contribution in [3.05, 3.63) is 84.1 Å². The lowest BCUT2D eigenvalue weighted by Crippen LogP contribution is -2.24. The third-order valence-corrected chi connectivity index (χ3v) is 4.05. The van der Waals surface area contributed by atoms with Gasteiger partial charge in [-0.25, -0.2) is 4.68 Å². The number of likely N-dealkylation sites (N-methyl/N-ethyl adjacent to an activating group) is 1. The molecule has 2 aromatic carbocycles. The molecule has 0 N–H and O–H groups in total. The van der Waals surface area contributed by atoms with E-state index >= 15 is 0 Å². The highest BCUT2D eigenvalue weighted by molar-refractivity contribution is 5.88. The molecule has 3 aromatic rings. The molecule has 0 saturated carbocycles. The Labute approximate surface area is 154 Å². The molecule has 0 bridgehead atoms. The summed E-state index contributed by atoms with van der Waals surface area (Å²) in [5.74, 6) is -0.00327. The van der Waals surface area contributed by atoms with Gasteiger partial charge in [0.15, 0.2) is 0 Å². The van der Waals surface area contributed by atoms with Crippen molar-refractivity contribution >= 4 is 5.91 Å². The zero-order chi connectivity index (χ0) is 18.5. The topological polar surface area (TPSA) is 38.1 Å². The van der Waals surface area contributed by atoms with Gasteiger partial charge in [-0.15, -0.1) is 0 Å². The van der Waals surface area contributed by atoms with Crippen molar-refractivity contribution in [2.45, 2.75) is 20.4 Å². The summed E-state index contributed by atoms with van der Waals surface area (Å²) in [7, 11) is 1.82. The number of hydrogen-bond acceptors (Lipinski definition) is 2. The van der Waals surface area contributed by atoms with Crippen LogP contribution in [0.1, 0.15) is 19.4 Å². The second-order valence-corrected chi connectivity index (χ2v) is 6.57. The summed E-state index contributed by atoms with van der Waals surface area (Å²) in [6.07, 6.45) is 3.66. The predicted octanol–water partition coefficient (Wildman–Crippen LogP) is 4.46. The average molecular weight is 345 g/mol. The highest BCUT2D eigenvalue weighted by Gasteiger charge is 2.15. The second kappa shape index (κ2) is 7.83. The van der Waals surface area contributed by atoms with Crippen molar-refractivity contribution in [2.24, 2.45) is 0 Å². The van der Waals surface area contributed by atoms with Crippen LogP contribution in [0, 0.1) is 0 Å². The van der Waals surface area contributed by atoms with Crippen LogP contribution in [0.5, 0.6) is 0 Å². The Kier molecular flexibility index (Phi) is 5.32. The molecule has 0 radical (unpaired) electrons. The molecule has 0 unspecified atom stereocenters. The molecule has 0 aliphatic carbocycles. The van der Waals surface area contributed by atoms with Gasteiger partial charge in [0.1, 0.15) is 0 Å². The molecule has 4 nitrogen and oxygen atoms in total. The SMILES string of the molecule is CC(C)=CC(=O)N(C)Cc1cn(-c2ccccc2)nc1-c1ccccc1. The van der Waals surface area contributed by atoms with Gasteiger partial charge in [-0.3, -0.25) is 4.79 Å². The van der Waals surface area contributed by atoms with E-state index in [1.54, 1.807) is 11.0 Å². The first-order valence-electron chi connectivity index (χ1n) is 8.64. The van der Waals surface area contributed by atoms with Crippen LogP contribution in [0.4, 0.5) is 0 Å². The summed E-state index contributed by atoms with van der Waals surface area (Å²) in [5, 5.41) is 4.79. The minimum atomic E-state index is -0.00327. The number of rotatable bonds is 5. The van der Waals surface area contributed by atoms with E-state index in [1.807, 2.05) is 92.4 Å². The third-order valence-electron chi connectivity index (χ3n) is 4.05. The number of aromatic nitrogens is 2. The van der Waals surface area contributed by atoms with Gasteiger partial charge < -0.3 is 4.90 Å². The Bertz CT molecular complexity index is 907. The molecular weight excluding hydrogens is 322 g/mol. The fourth-order valence-corrected chi connectivity index (χ4v) is 2.77. The van der Waals surface area contributed by atoms with E-state index in [1.165, 1.54) is 0 Å². The fourth-order valence-electron chi connectivity index (χ4n) is 2.77. The van der Waals surface area contributed by atoms with Crippen LogP contribution in [0.15, 0.2) is 78.5 Å². The second-order valence-electron chi connectivity index (χ2n) is 6.57. The van der Waals surface area contributed by atoms with Gasteiger partial charge in [0.25, 0.3) is 0 Å². The van der Waals surface area contributed by atoms with Crippen molar-refractivity contribution < 1.29 is 4.79 Å². The Balaban J connectivity index is 1.98. The normalized spacial score (nSPS) is 10.4. The number of amides is 1. The first-order chi connectivity index (χ1) is 12.5. The number of hydrogen-bond donors (Lipinski definition) is 0. The van der Waals surface area contributed by atoms with Crippen LogP contribution >= 0.6 is 0 Å². The molecule has 0 spiro atoms. The van der Waals surface area contributed by atoms with Crippen LogP contribution in [0.25, 0.3) is 16.9 Å². The number of carbonyl (C=O) groups is 1. The standard InChI is InChI=1S/C22H23N3O/c1-17(2)14-21(26)24(3)15-19-16-25(20-12-8-5-9-13-20)23-22(19)18-10-6-4-7-11-18/h4-14,16H,15H2,1-3H3. The van der Waals surface area contributed by atoms with Crippen molar-refractivity contribution in [1.82, 2.24) is 14.7 Å². The van der Waals surface area contributed by atoms with E-state index in [4.69, 9.17) is 5.10 Å². The van der Waals surface area contributed by atoms with Crippen LogP contribution in [-0.2, 0) is 11.3 Å². The lowest BCUT2D eigenvalue weighted by Gasteiger charge is -2.15. The quantitative estimate of drug-likeness (QED) is 0.640. The Morgan fingerprint density at radius 1 is 1.04 bits per heavy atom. The number of para-hydroxylation sites is 1. The van der Waals surface area contributed by atoms with Gasteiger partial charge in [0.2, 0.25) is 5.91 Å². The first kappa shape index (κ1) is 17.7. The number of nitrogens with zero attached hydrogens (tertiary/aromatic N) is 3. The van der Waals surface area contributed by atoms with Crippen LogP contribution in [0.3, 0.4) is 0 Å². The molecule has 0 aliphatic heterocycles. The summed E-state index contributed by atoms with van der Waals surface area (Å²) in [6.45, 7) is 4.35. The molecule has 1 heterocycles. The van der Waals surface area contributed by atoms with Crippen molar-refractivity contribution in [3.8, 4) is 16.9 Å². The van der Waals surface area contributed by atoms with E-state index in [2.05, 4.69) is 0 Å². The maximum absolute atomic E-state index is 12.3. The molecule has 26 heavy (non-hydrogen) atoms. The number of carbonyl (C=O) groups excluding carboxylic acids is 1. The Hall–Kier alpha value is -3.14. The van der Waals surface area contributed by atoms with Gasteiger partial charge in [-0.1, -0.05) is 54.1 Å². The summed E-state index contributed by atoms with van der Waals surface area (Å²) in [6, 6.07) is 20.1. The molecular formula is C22H23N3O. The van der Waals surface area contributed by atoms with Gasteiger partial charge in [0, 0.05) is 37.0 Å². The van der Waals surface area contributed by atoms with E-state index < -0.39 is 0 Å². The average Bonchev–Trinajstić information content (AvgIpc) is 3.06. The van der Waals surface area contributed by atoms with E-state index in [0.29, 0.717) is 6.54 Å². The van der Waals surface area contributed by atoms with E-state index in [-0.39, 0.29) is 5.91 Å². The zero-order valence-electron chi connectivity index (χ0n) is 15.4. The van der Waals surface area contributed by atoms with E-state index in [0.717, 1.165) is 28.1 Å². The number of allylic oxidation sites excluding steroid dienone is 1. The summed E-state index contributed by atoms with van der Waals surface area (Å²) < 4.78 is 1.87. The molecule has 132 valence electrons. The summed E-state index contributed by atoms with van der Waals surface area (Å²) in [5.41, 5.74) is 4.93. The van der Waals surface area contributed by atoms with Crippen molar-refractivity contribution in [2.75, 3.05) is 7.05 Å². The predicted molar refractivity (Wildman–Crippen MR) is 105 cm³/mol. The van der Waals surface area contributed by atoms with E-state index in [9.17, 15) is 4.79 Å². The van der Waals surface area contributed by atoms with Crippen LogP contribution in [-0.4, -0.2) is 27.6 Å². The van der Waals surface area contributed by atoms with Crippen molar-refractivity contribution in [1.29, 1.82) is 0 Å². The first-order valence-corrected chi connectivity index (χ1v) is 8.64. The molecule has 0 aliphatic rings. The van der Waals surface area contributed by atoms with Gasteiger partial charge >= 0.3 is 0 Å².